The second-order valence-electron chi connectivity index (χ2n) is 9.93. The topological polar surface area (TPSA) is 131 Å². The van der Waals surface area contributed by atoms with Crippen molar-refractivity contribution in [3.63, 3.8) is 0 Å². The zero-order chi connectivity index (χ0) is 27.4. The molecule has 4 heterocycles. The van der Waals surface area contributed by atoms with Crippen molar-refractivity contribution in [2.24, 2.45) is 5.92 Å². The van der Waals surface area contributed by atoms with Gasteiger partial charge in [-0.05, 0) is 31.0 Å². The minimum Gasteiger partial charge on any atom is -0.493 e. The average Bonchev–Trinajstić information content (AvgIpc) is 3.44. The van der Waals surface area contributed by atoms with Crippen molar-refractivity contribution in [3.8, 4) is 23.3 Å². The van der Waals surface area contributed by atoms with Gasteiger partial charge in [-0.3, -0.25) is 8.37 Å². The third-order valence-corrected chi connectivity index (χ3v) is 7.35. The van der Waals surface area contributed by atoms with Gasteiger partial charge in [0.2, 0.25) is 11.8 Å². The van der Waals surface area contributed by atoms with Crippen molar-refractivity contribution >= 4 is 17.4 Å². The van der Waals surface area contributed by atoms with E-state index in [1.54, 1.807) is 7.11 Å². The van der Waals surface area contributed by atoms with Crippen LogP contribution in [0.4, 0.5) is 6.01 Å². The maximum atomic E-state index is 11.2. The van der Waals surface area contributed by atoms with Crippen LogP contribution in [0.15, 0.2) is 29.0 Å². The highest BCUT2D eigenvalue weighted by Gasteiger charge is 2.26. The van der Waals surface area contributed by atoms with Gasteiger partial charge in [-0.15, -0.1) is 0 Å². The summed E-state index contributed by atoms with van der Waals surface area (Å²) in [5, 5.41) is 4.06. The number of rotatable bonds is 9. The summed E-state index contributed by atoms with van der Waals surface area (Å²) in [5.74, 6) is 3.03. The first-order valence-corrected chi connectivity index (χ1v) is 14.0. The van der Waals surface area contributed by atoms with Gasteiger partial charge in [0.05, 0.1) is 25.9 Å². The van der Waals surface area contributed by atoms with E-state index in [0.717, 1.165) is 31.5 Å². The second kappa shape index (κ2) is 12.3. The standard InChI is InChI=1S/C26H33N5O7S/c1-16(2)23-29-26(38-30-23)31-9-7-20(8-10-31)36-24-17(3)25(28-15-27-24)37-21-6-5-18(12-22(21)33-4)11-19-13-34-39(32)35-14-19/h5-6,12,15-16,19-20H,7-11,13-14H2,1-4H3/t19-,39+. The fourth-order valence-corrected chi connectivity index (χ4v) is 5.09. The molecule has 0 radical (unpaired) electrons. The zero-order valence-electron chi connectivity index (χ0n) is 22.5. The average molecular weight is 560 g/mol. The molecule has 2 aliphatic heterocycles. The van der Waals surface area contributed by atoms with Crippen LogP contribution in [0.5, 0.6) is 23.3 Å². The van der Waals surface area contributed by atoms with Crippen LogP contribution in [0.2, 0.25) is 0 Å². The first kappa shape index (κ1) is 27.3. The van der Waals surface area contributed by atoms with Crippen LogP contribution in [-0.2, 0) is 26.1 Å². The number of ether oxygens (including phenoxy) is 3. The Bertz CT molecular complexity index is 1290. The van der Waals surface area contributed by atoms with Gasteiger partial charge in [-0.25, -0.2) is 9.97 Å². The maximum Gasteiger partial charge on any atom is 0.324 e. The van der Waals surface area contributed by atoms with Crippen LogP contribution in [-0.4, -0.2) is 63.8 Å². The molecule has 2 aliphatic rings. The lowest BCUT2D eigenvalue weighted by molar-refractivity contribution is 0.124. The molecule has 2 aromatic heterocycles. The fraction of sp³-hybridized carbons (Fsp3) is 0.538. The summed E-state index contributed by atoms with van der Waals surface area (Å²) in [4.78, 5) is 15.3. The van der Waals surface area contributed by atoms with Crippen LogP contribution in [0.25, 0.3) is 0 Å². The molecule has 0 spiro atoms. The van der Waals surface area contributed by atoms with Crippen molar-refractivity contribution in [3.05, 3.63) is 41.5 Å². The molecule has 0 unspecified atom stereocenters. The van der Waals surface area contributed by atoms with Crippen molar-refractivity contribution in [1.29, 1.82) is 0 Å². The van der Waals surface area contributed by atoms with E-state index in [1.807, 2.05) is 39.0 Å². The molecule has 0 saturated carbocycles. The minimum absolute atomic E-state index is 0.00539. The van der Waals surface area contributed by atoms with Gasteiger partial charge in [0.25, 0.3) is 0 Å². The van der Waals surface area contributed by atoms with Gasteiger partial charge >= 0.3 is 17.4 Å². The highest BCUT2D eigenvalue weighted by molar-refractivity contribution is 7.75. The summed E-state index contributed by atoms with van der Waals surface area (Å²) in [7, 11) is 1.59. The van der Waals surface area contributed by atoms with Crippen LogP contribution in [0, 0.1) is 12.8 Å². The van der Waals surface area contributed by atoms with Crippen LogP contribution in [0.1, 0.15) is 49.6 Å². The molecule has 0 atom stereocenters. The van der Waals surface area contributed by atoms with Crippen LogP contribution < -0.4 is 19.1 Å². The number of piperidine rings is 1. The van der Waals surface area contributed by atoms with E-state index >= 15 is 0 Å². The normalized spacial score (nSPS) is 20.3. The number of methoxy groups -OCH3 is 1. The number of benzene rings is 1. The summed E-state index contributed by atoms with van der Waals surface area (Å²) < 4.78 is 44.8. The quantitative estimate of drug-likeness (QED) is 0.376. The molecule has 12 nitrogen and oxygen atoms in total. The molecule has 3 aromatic rings. The number of aromatic nitrogens is 4. The van der Waals surface area contributed by atoms with Gasteiger partial charge in [0.1, 0.15) is 12.4 Å². The maximum absolute atomic E-state index is 11.2. The number of hydrogen-bond donors (Lipinski definition) is 0. The van der Waals surface area contributed by atoms with E-state index < -0.39 is 11.4 Å². The number of nitrogens with zero attached hydrogens (tertiary/aromatic N) is 5. The van der Waals surface area contributed by atoms with Crippen LogP contribution >= 0.6 is 0 Å². The first-order valence-electron chi connectivity index (χ1n) is 13.0. The third-order valence-electron chi connectivity index (χ3n) is 6.69. The molecule has 0 aliphatic carbocycles. The molecule has 0 bridgehead atoms. The third kappa shape index (κ3) is 6.65. The summed E-state index contributed by atoms with van der Waals surface area (Å²) in [5.41, 5.74) is 1.73. The lowest BCUT2D eigenvalue weighted by Crippen LogP contribution is -2.38. The zero-order valence-corrected chi connectivity index (χ0v) is 23.3. The predicted molar refractivity (Wildman–Crippen MR) is 141 cm³/mol. The Hall–Kier alpha value is -3.29. The van der Waals surface area contributed by atoms with Crippen molar-refractivity contribution in [2.45, 2.75) is 52.1 Å². The predicted octanol–water partition coefficient (Wildman–Crippen LogP) is 3.92. The largest absolute Gasteiger partial charge is 0.493 e. The molecule has 0 amide bonds. The van der Waals surface area contributed by atoms with E-state index in [9.17, 15) is 4.21 Å². The van der Waals surface area contributed by atoms with Gasteiger partial charge in [0, 0.05) is 37.8 Å². The van der Waals surface area contributed by atoms with Gasteiger partial charge in [-0.1, -0.05) is 25.1 Å². The molecule has 1 aromatic carbocycles. The highest BCUT2D eigenvalue weighted by Crippen LogP contribution is 2.35. The number of anilines is 1. The van der Waals surface area contributed by atoms with E-state index in [4.69, 9.17) is 27.1 Å². The fourth-order valence-electron chi connectivity index (χ4n) is 4.42. The van der Waals surface area contributed by atoms with E-state index in [-0.39, 0.29) is 17.9 Å². The van der Waals surface area contributed by atoms with Gasteiger partial charge in [0.15, 0.2) is 17.3 Å². The Balaban J connectivity index is 1.20. The molecule has 39 heavy (non-hydrogen) atoms. The van der Waals surface area contributed by atoms with E-state index in [1.165, 1.54) is 6.33 Å². The molecule has 0 N–H and O–H groups in total. The number of hydrogen-bond acceptors (Lipinski definition) is 12. The SMILES string of the molecule is COc1cc(C[C@H]2CO[S@@](=O)OC2)ccc1Oc1ncnc(OC2CCN(c3nc(C(C)C)no3)CC2)c1C. The van der Waals surface area contributed by atoms with Gasteiger partial charge in [-0.2, -0.15) is 9.19 Å². The molecule has 5 rings (SSSR count). The van der Waals surface area contributed by atoms with Crippen molar-refractivity contribution in [1.82, 2.24) is 20.1 Å². The van der Waals surface area contributed by atoms with E-state index in [0.29, 0.717) is 60.3 Å². The molecule has 210 valence electrons. The molecular weight excluding hydrogens is 526 g/mol. The lowest BCUT2D eigenvalue weighted by Gasteiger charge is -2.30. The lowest BCUT2D eigenvalue weighted by atomic mass is 10.0. The molecule has 2 fully saturated rings. The van der Waals surface area contributed by atoms with Crippen molar-refractivity contribution in [2.75, 3.05) is 38.3 Å². The summed E-state index contributed by atoms with van der Waals surface area (Å²) in [6.45, 7) is 8.21. The summed E-state index contributed by atoms with van der Waals surface area (Å²) >= 11 is -1.65. The smallest absolute Gasteiger partial charge is 0.324 e. The Morgan fingerprint density at radius 3 is 2.54 bits per heavy atom. The monoisotopic (exact) mass is 559 g/mol. The second-order valence-corrected chi connectivity index (χ2v) is 10.8. The summed E-state index contributed by atoms with van der Waals surface area (Å²) in [6, 6.07) is 6.27. The molecule has 2 saturated heterocycles. The summed E-state index contributed by atoms with van der Waals surface area (Å²) in [6.07, 6.45) is 3.71. The Labute approximate surface area is 229 Å². The van der Waals surface area contributed by atoms with Gasteiger partial charge < -0.3 is 23.6 Å². The molecule has 13 heteroatoms. The first-order chi connectivity index (χ1) is 18.9. The highest BCUT2D eigenvalue weighted by atomic mass is 32.2. The van der Waals surface area contributed by atoms with Crippen LogP contribution in [0.3, 0.4) is 0 Å². The Morgan fingerprint density at radius 1 is 1.10 bits per heavy atom. The molecular formula is C26H33N5O7S. The Kier molecular flexibility index (Phi) is 8.58. The van der Waals surface area contributed by atoms with Crippen molar-refractivity contribution < 1.29 is 31.3 Å². The minimum atomic E-state index is -1.65. The Morgan fingerprint density at radius 2 is 1.85 bits per heavy atom. The van der Waals surface area contributed by atoms with E-state index in [2.05, 4.69) is 25.0 Å².